The lowest BCUT2D eigenvalue weighted by Gasteiger charge is -2.25. The number of thioether (sulfide) groups is 1. The van der Waals surface area contributed by atoms with Crippen molar-refractivity contribution < 1.29 is 14.7 Å². The van der Waals surface area contributed by atoms with Crippen LogP contribution in [0.25, 0.3) is 0 Å². The van der Waals surface area contributed by atoms with E-state index < -0.39 is 0 Å². The molecule has 1 rings (SSSR count). The number of carbonyl (C=O) groups excluding carboxylic acids is 1. The highest BCUT2D eigenvalue weighted by atomic mass is 35.5. The zero-order chi connectivity index (χ0) is 17.9. The Balaban J connectivity index is 2.85. The molecule has 0 spiro atoms. The highest BCUT2D eigenvalue weighted by molar-refractivity contribution is 7.99. The molecule has 0 saturated heterocycles. The van der Waals surface area contributed by atoms with Gasteiger partial charge in [0.2, 0.25) is 0 Å². The third kappa shape index (κ3) is 6.89. The number of aliphatic hydroxyl groups excluding tert-OH is 1. The first-order chi connectivity index (χ1) is 11.5. The number of Topliss-reactive ketones (excluding diaryl/α,β-unsaturated/α-hetero) is 1. The molecule has 0 radical (unpaired) electrons. The highest BCUT2D eigenvalue weighted by Crippen LogP contribution is 2.32. The summed E-state index contributed by atoms with van der Waals surface area (Å²) in [7, 11) is 0. The zero-order valence-electron chi connectivity index (χ0n) is 14.8. The average Bonchev–Trinajstić information content (AvgIpc) is 2.51. The number of allylic oxidation sites excluding steroid dienone is 2. The van der Waals surface area contributed by atoms with Gasteiger partial charge in [-0.1, -0.05) is 43.9 Å². The Morgan fingerprint density at radius 2 is 2.25 bits per heavy atom. The molecule has 0 amide bonds. The predicted molar refractivity (Wildman–Crippen MR) is 103 cm³/mol. The van der Waals surface area contributed by atoms with Crippen molar-refractivity contribution in [1.82, 2.24) is 0 Å². The lowest BCUT2D eigenvalue weighted by atomic mass is 9.82. The van der Waals surface area contributed by atoms with Crippen LogP contribution >= 0.6 is 23.4 Å². The van der Waals surface area contributed by atoms with Crippen LogP contribution in [0.4, 0.5) is 0 Å². The maximum absolute atomic E-state index is 12.6. The monoisotopic (exact) mass is 373 g/mol. The van der Waals surface area contributed by atoms with E-state index in [0.29, 0.717) is 35.8 Å². The van der Waals surface area contributed by atoms with Gasteiger partial charge in [0.25, 0.3) is 0 Å². The minimum atomic E-state index is -0.0267. The van der Waals surface area contributed by atoms with Gasteiger partial charge in [0.05, 0.1) is 11.3 Å². The minimum Gasteiger partial charge on any atom is -0.511 e. The van der Waals surface area contributed by atoms with Crippen LogP contribution in [0.15, 0.2) is 28.1 Å². The standard InChI is InChI=1S/C18H28ClNO3S/c1-4-7-15(20-23-9-6-8-19)18-16(21)11-14(12-17(18)22)10-13(3)24-5-2/h6,8,13-14,21H,4-5,7,9-12H2,1-3H3/b8-6+,20-15-/t13-,14+/m1/s1. The van der Waals surface area contributed by atoms with Gasteiger partial charge in [-0.25, -0.2) is 0 Å². The molecular weight excluding hydrogens is 346 g/mol. The van der Waals surface area contributed by atoms with Crippen molar-refractivity contribution in [3.8, 4) is 0 Å². The fraction of sp³-hybridized carbons (Fsp3) is 0.667. The topological polar surface area (TPSA) is 58.9 Å². The van der Waals surface area contributed by atoms with E-state index in [9.17, 15) is 9.90 Å². The van der Waals surface area contributed by atoms with Gasteiger partial charge in [-0.15, -0.1) is 0 Å². The van der Waals surface area contributed by atoms with Crippen molar-refractivity contribution in [2.24, 2.45) is 11.1 Å². The largest absolute Gasteiger partial charge is 0.511 e. The van der Waals surface area contributed by atoms with Gasteiger partial charge in [0.1, 0.15) is 12.4 Å². The van der Waals surface area contributed by atoms with E-state index in [1.165, 1.54) is 5.54 Å². The summed E-state index contributed by atoms with van der Waals surface area (Å²) in [6.07, 6.45) is 5.00. The average molecular weight is 374 g/mol. The number of ketones is 1. The molecule has 0 aromatic carbocycles. The maximum Gasteiger partial charge on any atom is 0.168 e. The molecule has 136 valence electrons. The number of hydrogen-bond donors (Lipinski definition) is 1. The first-order valence-corrected chi connectivity index (χ1v) is 10.0. The summed E-state index contributed by atoms with van der Waals surface area (Å²) in [5, 5.41) is 15.0. The Morgan fingerprint density at radius 3 is 2.83 bits per heavy atom. The van der Waals surface area contributed by atoms with E-state index in [-0.39, 0.29) is 24.1 Å². The van der Waals surface area contributed by atoms with Gasteiger partial charge in [-0.05, 0) is 30.6 Å². The van der Waals surface area contributed by atoms with Crippen LogP contribution in [0, 0.1) is 5.92 Å². The maximum atomic E-state index is 12.6. The van der Waals surface area contributed by atoms with Crippen LogP contribution in [0.5, 0.6) is 0 Å². The van der Waals surface area contributed by atoms with Crippen LogP contribution in [0.3, 0.4) is 0 Å². The van der Waals surface area contributed by atoms with Crippen molar-refractivity contribution in [1.29, 1.82) is 0 Å². The summed E-state index contributed by atoms with van der Waals surface area (Å²) in [5.74, 6) is 1.41. The quantitative estimate of drug-likeness (QED) is 0.323. The van der Waals surface area contributed by atoms with E-state index in [1.807, 2.05) is 18.7 Å². The fourth-order valence-electron chi connectivity index (χ4n) is 2.94. The van der Waals surface area contributed by atoms with Crippen LogP contribution in [-0.2, 0) is 9.63 Å². The Bertz CT molecular complexity index is 502. The number of carbonyl (C=O) groups is 1. The molecular formula is C18H28ClNO3S. The molecule has 0 aromatic rings. The van der Waals surface area contributed by atoms with E-state index in [2.05, 4.69) is 19.0 Å². The summed E-state index contributed by atoms with van der Waals surface area (Å²) in [4.78, 5) is 17.7. The van der Waals surface area contributed by atoms with Crippen molar-refractivity contribution in [3.63, 3.8) is 0 Å². The molecule has 0 saturated carbocycles. The van der Waals surface area contributed by atoms with E-state index in [4.69, 9.17) is 16.4 Å². The Hall–Kier alpha value is -0.940. The van der Waals surface area contributed by atoms with Crippen molar-refractivity contribution in [2.75, 3.05) is 12.4 Å². The van der Waals surface area contributed by atoms with Crippen LogP contribution in [-0.4, -0.2) is 34.2 Å². The summed E-state index contributed by atoms with van der Waals surface area (Å²) in [6.45, 7) is 6.56. The van der Waals surface area contributed by atoms with Crippen molar-refractivity contribution >= 4 is 34.9 Å². The first-order valence-electron chi connectivity index (χ1n) is 8.54. The molecule has 0 aromatic heterocycles. The van der Waals surface area contributed by atoms with Gasteiger partial charge in [-0.3, -0.25) is 4.79 Å². The van der Waals surface area contributed by atoms with Crippen LogP contribution < -0.4 is 0 Å². The Kier molecular flexibility index (Phi) is 10.2. The number of aliphatic hydroxyl groups is 1. The van der Waals surface area contributed by atoms with Gasteiger partial charge in [-0.2, -0.15) is 11.8 Å². The molecule has 0 bridgehead atoms. The summed E-state index contributed by atoms with van der Waals surface area (Å²) >= 11 is 7.33. The van der Waals surface area contributed by atoms with Gasteiger partial charge in [0, 0.05) is 23.6 Å². The number of rotatable bonds is 10. The third-order valence-electron chi connectivity index (χ3n) is 3.85. The lowest BCUT2D eigenvalue weighted by Crippen LogP contribution is -2.26. The molecule has 1 aliphatic rings. The second-order valence-electron chi connectivity index (χ2n) is 5.97. The molecule has 0 unspecified atom stereocenters. The van der Waals surface area contributed by atoms with Crippen molar-refractivity contribution in [3.05, 3.63) is 22.9 Å². The first kappa shape index (κ1) is 21.1. The molecule has 1 aliphatic carbocycles. The molecule has 0 heterocycles. The van der Waals surface area contributed by atoms with E-state index >= 15 is 0 Å². The SMILES string of the molecule is CCC/C(=N/OC/C=C/Cl)C1=C(O)C[C@H](C[C@@H](C)SCC)CC1=O. The number of oxime groups is 1. The van der Waals surface area contributed by atoms with E-state index in [0.717, 1.165) is 18.6 Å². The molecule has 4 nitrogen and oxygen atoms in total. The lowest BCUT2D eigenvalue weighted by molar-refractivity contribution is -0.116. The smallest absolute Gasteiger partial charge is 0.168 e. The zero-order valence-corrected chi connectivity index (χ0v) is 16.3. The van der Waals surface area contributed by atoms with Crippen molar-refractivity contribution in [2.45, 2.75) is 58.1 Å². The Morgan fingerprint density at radius 1 is 1.50 bits per heavy atom. The number of hydrogen-bond acceptors (Lipinski definition) is 5. The minimum absolute atomic E-state index is 0.0267. The predicted octanol–water partition coefficient (Wildman–Crippen LogP) is 5.23. The second kappa shape index (κ2) is 11.6. The molecule has 1 N–H and O–H groups in total. The second-order valence-corrected chi connectivity index (χ2v) is 7.93. The van der Waals surface area contributed by atoms with Crippen LogP contribution in [0.2, 0.25) is 0 Å². The fourth-order valence-corrected chi connectivity index (χ4v) is 3.99. The van der Waals surface area contributed by atoms with Gasteiger partial charge >= 0.3 is 0 Å². The van der Waals surface area contributed by atoms with Crippen LogP contribution in [0.1, 0.15) is 52.9 Å². The molecule has 0 fully saturated rings. The van der Waals surface area contributed by atoms with Gasteiger partial charge in [0.15, 0.2) is 5.78 Å². The number of nitrogens with zero attached hydrogens (tertiary/aromatic N) is 1. The molecule has 0 aliphatic heterocycles. The summed E-state index contributed by atoms with van der Waals surface area (Å²) in [5.41, 5.74) is 2.26. The van der Waals surface area contributed by atoms with E-state index in [1.54, 1.807) is 6.08 Å². The normalized spacial score (nSPS) is 20.8. The molecule has 24 heavy (non-hydrogen) atoms. The summed E-state index contributed by atoms with van der Waals surface area (Å²) < 4.78 is 0. The number of halogens is 1. The molecule has 6 heteroatoms. The summed E-state index contributed by atoms with van der Waals surface area (Å²) in [6, 6.07) is 0. The third-order valence-corrected chi connectivity index (χ3v) is 5.12. The Labute approximate surface area is 154 Å². The van der Waals surface area contributed by atoms with Gasteiger partial charge < -0.3 is 9.94 Å². The molecule has 2 atom stereocenters. The highest BCUT2D eigenvalue weighted by Gasteiger charge is 2.31.